The summed E-state index contributed by atoms with van der Waals surface area (Å²) in [7, 11) is 0. The van der Waals surface area contributed by atoms with E-state index in [0.717, 1.165) is 38.5 Å². The molecule has 0 bridgehead atoms. The van der Waals surface area contributed by atoms with Crippen LogP contribution in [0.1, 0.15) is 52.4 Å². The summed E-state index contributed by atoms with van der Waals surface area (Å²) in [5.74, 6) is -0.262. The highest BCUT2D eigenvalue weighted by molar-refractivity contribution is 5.84. The fourth-order valence-electron chi connectivity index (χ4n) is 4.77. The Balaban J connectivity index is 1.81. The molecule has 3 rings (SSSR count). The number of carboxylic acids is 1. The number of hydrogen-bond acceptors (Lipinski definition) is 2. The quantitative estimate of drug-likeness (QED) is 0.808. The lowest BCUT2D eigenvalue weighted by Gasteiger charge is -2.42. The Bertz CT molecular complexity index is 429. The lowest BCUT2D eigenvalue weighted by molar-refractivity contribution is -0.142. The largest absolute Gasteiger partial charge is 0.480 e. The minimum absolute atomic E-state index is 0.0449. The molecule has 1 aliphatic carbocycles. The Labute approximate surface area is 126 Å². The SMILES string of the molecule is CC1CCCC(C)N1C(=O)N1CC2CCCC2C1C(=O)O. The Morgan fingerprint density at radius 1 is 1.00 bits per heavy atom. The van der Waals surface area contributed by atoms with Gasteiger partial charge in [0.1, 0.15) is 6.04 Å². The van der Waals surface area contributed by atoms with Crippen LogP contribution in [0.15, 0.2) is 0 Å². The van der Waals surface area contributed by atoms with Gasteiger partial charge < -0.3 is 14.9 Å². The molecule has 3 fully saturated rings. The van der Waals surface area contributed by atoms with E-state index in [4.69, 9.17) is 0 Å². The van der Waals surface area contributed by atoms with E-state index in [9.17, 15) is 14.7 Å². The molecule has 0 aromatic rings. The van der Waals surface area contributed by atoms with Crippen molar-refractivity contribution in [1.82, 2.24) is 9.80 Å². The summed E-state index contributed by atoms with van der Waals surface area (Å²) >= 11 is 0. The topological polar surface area (TPSA) is 60.9 Å². The van der Waals surface area contributed by atoms with Gasteiger partial charge in [-0.2, -0.15) is 0 Å². The first-order valence-corrected chi connectivity index (χ1v) is 8.32. The number of likely N-dealkylation sites (tertiary alicyclic amines) is 2. The summed E-state index contributed by atoms with van der Waals surface area (Å²) in [5.41, 5.74) is 0. The maximum Gasteiger partial charge on any atom is 0.326 e. The standard InChI is InChI=1S/C16H26N2O3/c1-10-5-3-6-11(2)18(10)16(21)17-9-12-7-4-8-13(12)14(17)15(19)20/h10-14H,3-9H2,1-2H3,(H,19,20). The zero-order valence-electron chi connectivity index (χ0n) is 13.0. The molecule has 21 heavy (non-hydrogen) atoms. The average molecular weight is 294 g/mol. The number of fused-ring (bicyclic) bond motifs is 1. The summed E-state index contributed by atoms with van der Waals surface area (Å²) in [5, 5.41) is 9.60. The van der Waals surface area contributed by atoms with Crippen LogP contribution >= 0.6 is 0 Å². The number of carbonyl (C=O) groups is 2. The van der Waals surface area contributed by atoms with Gasteiger partial charge in [0.15, 0.2) is 0 Å². The van der Waals surface area contributed by atoms with Crippen molar-refractivity contribution in [3.8, 4) is 0 Å². The highest BCUT2D eigenvalue weighted by Crippen LogP contribution is 2.43. The monoisotopic (exact) mass is 294 g/mol. The molecule has 2 aliphatic heterocycles. The Morgan fingerprint density at radius 3 is 2.24 bits per heavy atom. The average Bonchev–Trinajstić information content (AvgIpc) is 2.97. The molecule has 2 heterocycles. The lowest BCUT2D eigenvalue weighted by Crippen LogP contribution is -2.56. The number of rotatable bonds is 1. The number of hydrogen-bond donors (Lipinski definition) is 1. The van der Waals surface area contributed by atoms with E-state index < -0.39 is 12.0 Å². The molecular formula is C16H26N2O3. The van der Waals surface area contributed by atoms with Gasteiger partial charge in [0.05, 0.1) is 0 Å². The Kier molecular flexibility index (Phi) is 3.84. The maximum absolute atomic E-state index is 13.0. The van der Waals surface area contributed by atoms with Crippen molar-refractivity contribution < 1.29 is 14.7 Å². The van der Waals surface area contributed by atoms with Crippen LogP contribution in [0.3, 0.4) is 0 Å². The van der Waals surface area contributed by atoms with Gasteiger partial charge in [0.25, 0.3) is 0 Å². The van der Waals surface area contributed by atoms with Crippen LogP contribution in [0.4, 0.5) is 4.79 Å². The smallest absolute Gasteiger partial charge is 0.326 e. The van der Waals surface area contributed by atoms with E-state index in [1.165, 1.54) is 0 Å². The molecule has 0 aromatic carbocycles. The van der Waals surface area contributed by atoms with Crippen molar-refractivity contribution in [2.75, 3.05) is 6.54 Å². The summed E-state index contributed by atoms with van der Waals surface area (Å²) in [6.07, 6.45) is 6.33. The number of piperidine rings is 1. The highest BCUT2D eigenvalue weighted by atomic mass is 16.4. The van der Waals surface area contributed by atoms with Crippen LogP contribution in [-0.4, -0.2) is 51.6 Å². The van der Waals surface area contributed by atoms with E-state index in [0.29, 0.717) is 12.5 Å². The molecule has 3 aliphatic rings. The summed E-state index contributed by atoms with van der Waals surface area (Å²) in [4.78, 5) is 28.2. The molecule has 1 saturated carbocycles. The molecule has 0 spiro atoms. The summed E-state index contributed by atoms with van der Waals surface area (Å²) in [6, 6.07) is -0.213. The number of carbonyl (C=O) groups excluding carboxylic acids is 1. The van der Waals surface area contributed by atoms with Crippen molar-refractivity contribution in [2.45, 2.75) is 70.5 Å². The third kappa shape index (κ3) is 2.40. The van der Waals surface area contributed by atoms with Gasteiger partial charge in [0.2, 0.25) is 0 Å². The number of amides is 2. The number of aliphatic carboxylic acids is 1. The maximum atomic E-state index is 13.0. The van der Waals surface area contributed by atoms with Crippen LogP contribution in [0.5, 0.6) is 0 Å². The molecule has 5 unspecified atom stereocenters. The molecule has 118 valence electrons. The number of nitrogens with zero attached hydrogens (tertiary/aromatic N) is 2. The first-order chi connectivity index (χ1) is 10.0. The number of carboxylic acid groups (broad SMARTS) is 1. The molecule has 0 aromatic heterocycles. The van der Waals surface area contributed by atoms with Gasteiger partial charge in [-0.25, -0.2) is 9.59 Å². The van der Waals surface area contributed by atoms with Crippen LogP contribution in [0.2, 0.25) is 0 Å². The van der Waals surface area contributed by atoms with Gasteiger partial charge in [-0.1, -0.05) is 6.42 Å². The van der Waals surface area contributed by atoms with Crippen LogP contribution < -0.4 is 0 Å². The third-order valence-corrected chi connectivity index (χ3v) is 5.80. The fourth-order valence-corrected chi connectivity index (χ4v) is 4.77. The summed E-state index contributed by atoms with van der Waals surface area (Å²) in [6.45, 7) is 4.80. The zero-order chi connectivity index (χ0) is 15.1. The van der Waals surface area contributed by atoms with Gasteiger partial charge in [-0.05, 0) is 57.8 Å². The Hall–Kier alpha value is -1.26. The second-order valence-corrected chi connectivity index (χ2v) is 7.11. The van der Waals surface area contributed by atoms with E-state index in [1.54, 1.807) is 4.90 Å². The minimum Gasteiger partial charge on any atom is -0.480 e. The normalized spacial score (nSPS) is 39.4. The van der Waals surface area contributed by atoms with Crippen molar-refractivity contribution >= 4 is 12.0 Å². The van der Waals surface area contributed by atoms with E-state index in [1.807, 2.05) is 4.90 Å². The molecule has 1 N–H and O–H groups in total. The van der Waals surface area contributed by atoms with Gasteiger partial charge >= 0.3 is 12.0 Å². The molecule has 5 heteroatoms. The molecule has 2 saturated heterocycles. The molecule has 2 amide bonds. The first-order valence-electron chi connectivity index (χ1n) is 8.32. The minimum atomic E-state index is -0.824. The van der Waals surface area contributed by atoms with Crippen LogP contribution in [0.25, 0.3) is 0 Å². The predicted molar refractivity (Wildman–Crippen MR) is 79.0 cm³/mol. The summed E-state index contributed by atoms with van der Waals surface area (Å²) < 4.78 is 0. The molecule has 0 radical (unpaired) electrons. The van der Waals surface area contributed by atoms with Crippen LogP contribution in [0, 0.1) is 11.8 Å². The predicted octanol–water partition coefficient (Wildman–Crippen LogP) is 2.55. The van der Waals surface area contributed by atoms with Gasteiger partial charge in [-0.3, -0.25) is 0 Å². The van der Waals surface area contributed by atoms with Gasteiger partial charge in [0, 0.05) is 18.6 Å². The molecular weight excluding hydrogens is 268 g/mol. The van der Waals surface area contributed by atoms with Crippen LogP contribution in [-0.2, 0) is 4.79 Å². The third-order valence-electron chi connectivity index (χ3n) is 5.80. The second kappa shape index (κ2) is 5.50. The zero-order valence-corrected chi connectivity index (χ0v) is 13.0. The van der Waals surface area contributed by atoms with E-state index in [2.05, 4.69) is 13.8 Å². The van der Waals surface area contributed by atoms with Crippen molar-refractivity contribution in [3.63, 3.8) is 0 Å². The fraction of sp³-hybridized carbons (Fsp3) is 0.875. The highest BCUT2D eigenvalue weighted by Gasteiger charge is 2.51. The van der Waals surface area contributed by atoms with Crippen molar-refractivity contribution in [3.05, 3.63) is 0 Å². The van der Waals surface area contributed by atoms with E-state index >= 15 is 0 Å². The Morgan fingerprint density at radius 2 is 1.62 bits per heavy atom. The van der Waals surface area contributed by atoms with Gasteiger partial charge in [-0.15, -0.1) is 0 Å². The van der Waals surface area contributed by atoms with Crippen molar-refractivity contribution in [2.24, 2.45) is 11.8 Å². The molecule has 5 nitrogen and oxygen atoms in total. The first kappa shape index (κ1) is 14.7. The molecule has 5 atom stereocenters. The second-order valence-electron chi connectivity index (χ2n) is 7.11. The lowest BCUT2D eigenvalue weighted by atomic mass is 9.94. The van der Waals surface area contributed by atoms with E-state index in [-0.39, 0.29) is 24.0 Å². The van der Waals surface area contributed by atoms with Crippen molar-refractivity contribution in [1.29, 1.82) is 0 Å². The number of urea groups is 1.